The highest BCUT2D eigenvalue weighted by Crippen LogP contribution is 2.34. The van der Waals surface area contributed by atoms with Crippen LogP contribution in [0.4, 0.5) is 11.4 Å². The monoisotopic (exact) mass is 300 g/mol. The number of halogens is 2. The predicted octanol–water partition coefficient (Wildman–Crippen LogP) is 2.13. The number of non-ortho nitro benzene ring substituents is 1. The van der Waals surface area contributed by atoms with Crippen LogP contribution in [-0.2, 0) is 0 Å². The van der Waals surface area contributed by atoms with Gasteiger partial charge in [-0.25, -0.2) is 0 Å². The average Bonchev–Trinajstić information content (AvgIpc) is 2.31. The normalized spacial score (nSPS) is 10.7. The van der Waals surface area contributed by atoms with Gasteiger partial charge in [-0.3, -0.25) is 20.9 Å². The first-order chi connectivity index (χ1) is 8.86. The fourth-order valence-electron chi connectivity index (χ4n) is 1.03. The largest absolute Gasteiger partial charge is 0.382 e. The Balaban J connectivity index is 3.14. The highest BCUT2D eigenvalue weighted by Gasteiger charge is 2.14. The number of nitro groups is 1. The van der Waals surface area contributed by atoms with Gasteiger partial charge in [-0.2, -0.15) is 10.4 Å². The van der Waals surface area contributed by atoms with Gasteiger partial charge in [0.15, 0.2) is 5.84 Å². The molecule has 0 aliphatic rings. The molecule has 19 heavy (non-hydrogen) atoms. The minimum atomic E-state index is -0.652. The van der Waals surface area contributed by atoms with E-state index < -0.39 is 10.8 Å². The molecule has 0 saturated carbocycles. The predicted molar refractivity (Wildman–Crippen MR) is 71.7 cm³/mol. The Kier molecular flexibility index (Phi) is 4.63. The van der Waals surface area contributed by atoms with Crippen molar-refractivity contribution in [3.63, 3.8) is 0 Å². The number of nitro benzene ring substituents is 1. The van der Waals surface area contributed by atoms with Crippen LogP contribution in [0, 0.1) is 26.9 Å². The van der Waals surface area contributed by atoms with Gasteiger partial charge in [-0.15, -0.1) is 0 Å². The molecule has 0 saturated heterocycles. The Labute approximate surface area is 117 Å². The summed E-state index contributed by atoms with van der Waals surface area (Å²) in [6, 6.07) is 3.73. The Morgan fingerprint density at radius 2 is 2.05 bits per heavy atom. The summed E-state index contributed by atoms with van der Waals surface area (Å²) in [7, 11) is 0. The Morgan fingerprint density at radius 1 is 1.53 bits per heavy atom. The van der Waals surface area contributed by atoms with Crippen molar-refractivity contribution in [1.29, 1.82) is 10.7 Å². The fourth-order valence-corrected chi connectivity index (χ4v) is 1.59. The summed E-state index contributed by atoms with van der Waals surface area (Å²) in [4.78, 5) is 9.92. The van der Waals surface area contributed by atoms with Crippen molar-refractivity contribution in [3.8, 4) is 6.07 Å². The molecule has 0 unspecified atom stereocenters. The molecule has 1 aromatic carbocycles. The fraction of sp³-hybridized carbons (Fsp3) is 0. The lowest BCUT2D eigenvalue weighted by atomic mass is 10.3. The van der Waals surface area contributed by atoms with E-state index in [0.29, 0.717) is 0 Å². The van der Waals surface area contributed by atoms with Gasteiger partial charge in [0, 0.05) is 12.1 Å². The van der Waals surface area contributed by atoms with Crippen LogP contribution < -0.4 is 11.2 Å². The van der Waals surface area contributed by atoms with Crippen molar-refractivity contribution >= 4 is 46.1 Å². The third kappa shape index (κ3) is 3.54. The number of benzene rings is 1. The molecule has 0 radical (unpaired) electrons. The molecule has 0 atom stereocenters. The molecule has 1 aromatic rings. The highest BCUT2D eigenvalue weighted by atomic mass is 35.5. The van der Waals surface area contributed by atoms with E-state index in [1.54, 1.807) is 6.07 Å². The summed E-state index contributed by atoms with van der Waals surface area (Å²) >= 11 is 11.6. The van der Waals surface area contributed by atoms with Crippen molar-refractivity contribution in [2.45, 2.75) is 0 Å². The number of amidine groups is 1. The third-order valence-corrected chi connectivity index (χ3v) is 2.47. The third-order valence-electron chi connectivity index (χ3n) is 1.88. The molecule has 1 rings (SSSR count). The summed E-state index contributed by atoms with van der Waals surface area (Å²) in [6.45, 7) is 0. The Bertz CT molecular complexity index is 599. The minimum absolute atomic E-state index is 0.0520. The molecule has 0 aliphatic heterocycles. The second kappa shape index (κ2) is 5.99. The zero-order valence-electron chi connectivity index (χ0n) is 9.15. The highest BCUT2D eigenvalue weighted by molar-refractivity contribution is 6.46. The SMILES string of the molecule is N#C/C(=N\Nc1c(Cl)cc([N+](=O)[O-])cc1Cl)C(=N)N. The van der Waals surface area contributed by atoms with E-state index in [2.05, 4.69) is 10.5 Å². The van der Waals surface area contributed by atoms with E-state index in [0.717, 1.165) is 12.1 Å². The molecule has 0 fully saturated rings. The van der Waals surface area contributed by atoms with Gasteiger partial charge in [0.25, 0.3) is 5.69 Å². The van der Waals surface area contributed by atoms with Crippen LogP contribution >= 0.6 is 23.2 Å². The van der Waals surface area contributed by atoms with E-state index in [4.69, 9.17) is 39.6 Å². The molecular formula is C9H6Cl2N6O2. The van der Waals surface area contributed by atoms with Crippen molar-refractivity contribution in [2.24, 2.45) is 10.8 Å². The molecule has 0 bridgehead atoms. The van der Waals surface area contributed by atoms with Crippen molar-refractivity contribution in [1.82, 2.24) is 0 Å². The molecule has 98 valence electrons. The zero-order valence-corrected chi connectivity index (χ0v) is 10.7. The van der Waals surface area contributed by atoms with Crippen LogP contribution in [-0.4, -0.2) is 16.5 Å². The number of nitrogens with zero attached hydrogens (tertiary/aromatic N) is 3. The maximum Gasteiger partial charge on any atom is 0.272 e. The van der Waals surface area contributed by atoms with Gasteiger partial charge in [-0.05, 0) is 0 Å². The Morgan fingerprint density at radius 3 is 2.42 bits per heavy atom. The Hall–Kier alpha value is -2.37. The first-order valence-electron chi connectivity index (χ1n) is 4.58. The van der Waals surface area contributed by atoms with Crippen molar-refractivity contribution in [3.05, 3.63) is 32.3 Å². The lowest BCUT2D eigenvalue weighted by molar-refractivity contribution is -0.384. The zero-order chi connectivity index (χ0) is 14.6. The number of hydrazone groups is 1. The first kappa shape index (κ1) is 14.7. The number of hydrogen-bond acceptors (Lipinski definition) is 6. The quantitative estimate of drug-likeness (QED) is 0.338. The second-order valence-corrected chi connectivity index (χ2v) is 3.95. The van der Waals surface area contributed by atoms with Crippen LogP contribution in [0.5, 0.6) is 0 Å². The van der Waals surface area contributed by atoms with Crippen LogP contribution in [0.15, 0.2) is 17.2 Å². The van der Waals surface area contributed by atoms with Gasteiger partial charge in [0.05, 0.1) is 20.7 Å². The molecule has 0 heterocycles. The number of nitrogens with one attached hydrogen (secondary N) is 2. The molecule has 0 spiro atoms. The van der Waals surface area contributed by atoms with Crippen LogP contribution in [0.3, 0.4) is 0 Å². The maximum absolute atomic E-state index is 10.6. The van der Waals surface area contributed by atoms with E-state index >= 15 is 0 Å². The van der Waals surface area contributed by atoms with Gasteiger partial charge >= 0.3 is 0 Å². The first-order valence-corrected chi connectivity index (χ1v) is 5.34. The molecular weight excluding hydrogens is 295 g/mol. The number of nitrogens with two attached hydrogens (primary N) is 1. The topological polar surface area (TPSA) is 141 Å². The van der Waals surface area contributed by atoms with Gasteiger partial charge in [0.2, 0.25) is 5.71 Å². The van der Waals surface area contributed by atoms with E-state index in [1.165, 1.54) is 0 Å². The average molecular weight is 301 g/mol. The van der Waals surface area contributed by atoms with Gasteiger partial charge < -0.3 is 5.73 Å². The summed E-state index contributed by atoms with van der Waals surface area (Å²) in [5, 5.41) is 29.7. The lowest BCUT2D eigenvalue weighted by Crippen LogP contribution is -2.21. The number of nitriles is 1. The van der Waals surface area contributed by atoms with Crippen LogP contribution in [0.25, 0.3) is 0 Å². The number of rotatable bonds is 4. The molecule has 0 aliphatic carbocycles. The van der Waals surface area contributed by atoms with E-state index in [-0.39, 0.29) is 27.1 Å². The molecule has 0 aromatic heterocycles. The summed E-state index contributed by atoms with van der Waals surface area (Å²) in [5.74, 6) is -0.538. The van der Waals surface area contributed by atoms with E-state index in [9.17, 15) is 10.1 Å². The summed E-state index contributed by atoms with van der Waals surface area (Å²) in [6.07, 6.45) is 0. The number of hydrogen-bond donors (Lipinski definition) is 3. The summed E-state index contributed by atoms with van der Waals surface area (Å²) in [5.41, 5.74) is 6.85. The van der Waals surface area contributed by atoms with Crippen molar-refractivity contribution < 1.29 is 4.92 Å². The lowest BCUT2D eigenvalue weighted by Gasteiger charge is -2.06. The minimum Gasteiger partial charge on any atom is -0.382 e. The van der Waals surface area contributed by atoms with Gasteiger partial charge in [-0.1, -0.05) is 23.2 Å². The maximum atomic E-state index is 10.6. The van der Waals surface area contributed by atoms with Crippen molar-refractivity contribution in [2.75, 3.05) is 5.43 Å². The number of anilines is 1. The smallest absolute Gasteiger partial charge is 0.272 e. The van der Waals surface area contributed by atoms with Crippen LogP contribution in [0.1, 0.15) is 0 Å². The molecule has 0 amide bonds. The molecule has 10 heteroatoms. The summed E-state index contributed by atoms with van der Waals surface area (Å²) < 4.78 is 0. The van der Waals surface area contributed by atoms with Gasteiger partial charge in [0.1, 0.15) is 6.07 Å². The van der Waals surface area contributed by atoms with E-state index in [1.807, 2.05) is 0 Å². The molecule has 8 nitrogen and oxygen atoms in total. The standard InChI is InChI=1S/C9H6Cl2N6O2/c10-5-1-4(17(18)19)2-6(11)8(5)16-15-7(3-12)9(13)14/h1-2,16H,(H3,13,14)/b15-7+. The van der Waals surface area contributed by atoms with Crippen LogP contribution in [0.2, 0.25) is 10.0 Å². The molecule has 4 N–H and O–H groups in total. The second-order valence-electron chi connectivity index (χ2n) is 3.14.